The summed E-state index contributed by atoms with van der Waals surface area (Å²) in [5, 5.41) is 0.654. The highest BCUT2D eigenvalue weighted by Crippen LogP contribution is 2.20. The van der Waals surface area contributed by atoms with Crippen molar-refractivity contribution in [2.24, 2.45) is 0 Å². The number of rotatable bonds is 1. The summed E-state index contributed by atoms with van der Waals surface area (Å²) in [6.45, 7) is 0. The van der Waals surface area contributed by atoms with Crippen LogP contribution in [0.15, 0.2) is 48.5 Å². The fourth-order valence-electron chi connectivity index (χ4n) is 1.23. The Morgan fingerprint density at radius 1 is 0.846 bits per heavy atom. The van der Waals surface area contributed by atoms with E-state index in [4.69, 9.17) is 11.6 Å². The second kappa shape index (κ2) is 3.63. The summed E-state index contributed by atoms with van der Waals surface area (Å²) >= 11 is 5.84. The molecule has 2 aromatic carbocycles. The number of halogens is 1. The summed E-state index contributed by atoms with van der Waals surface area (Å²) in [5.41, 5.74) is 2.18. The number of hydrogen-bond donors (Lipinski definition) is 0. The zero-order chi connectivity index (χ0) is 9.10. The highest BCUT2D eigenvalue weighted by molar-refractivity contribution is 6.30. The third-order valence-corrected chi connectivity index (χ3v) is 2.06. The van der Waals surface area contributed by atoms with Crippen LogP contribution in [0.2, 0.25) is 5.02 Å². The molecule has 0 atom stereocenters. The zero-order valence-electron chi connectivity index (χ0n) is 7.00. The summed E-state index contributed by atoms with van der Waals surface area (Å²) in [6, 6.07) is 18.9. The Morgan fingerprint density at radius 3 is 2.31 bits per heavy atom. The number of hydrogen-bond acceptors (Lipinski definition) is 0. The van der Waals surface area contributed by atoms with Crippen molar-refractivity contribution in [3.63, 3.8) is 0 Å². The van der Waals surface area contributed by atoms with E-state index in [0.717, 1.165) is 11.1 Å². The second-order valence-corrected chi connectivity index (χ2v) is 3.19. The molecule has 0 bridgehead atoms. The molecule has 0 amide bonds. The Hall–Kier alpha value is -1.27. The molecule has 0 aliphatic rings. The van der Waals surface area contributed by atoms with Gasteiger partial charge in [-0.25, -0.2) is 0 Å². The van der Waals surface area contributed by atoms with E-state index in [1.807, 2.05) is 48.5 Å². The van der Waals surface area contributed by atoms with Gasteiger partial charge in [-0.05, 0) is 17.2 Å². The van der Waals surface area contributed by atoms with E-state index < -0.39 is 0 Å². The Kier molecular flexibility index (Phi) is 2.33. The van der Waals surface area contributed by atoms with Gasteiger partial charge in [-0.3, -0.25) is 0 Å². The highest BCUT2D eigenvalue weighted by Gasteiger charge is 1.96. The van der Waals surface area contributed by atoms with Gasteiger partial charge in [0.1, 0.15) is 0 Å². The smallest absolute Gasteiger partial charge is 0.0491 e. The Bertz CT molecular complexity index is 393. The monoisotopic (exact) mass is 187 g/mol. The minimum Gasteiger partial charge on any atom is -0.0836 e. The van der Waals surface area contributed by atoms with Crippen molar-refractivity contribution in [3.05, 3.63) is 59.6 Å². The molecule has 0 fully saturated rings. The topological polar surface area (TPSA) is 0 Å². The molecule has 0 aromatic heterocycles. The molecule has 0 saturated heterocycles. The molecule has 2 rings (SSSR count). The fraction of sp³-hybridized carbons (Fsp3) is 0. The first-order chi connectivity index (χ1) is 6.36. The van der Waals surface area contributed by atoms with E-state index >= 15 is 0 Å². The van der Waals surface area contributed by atoms with Crippen molar-refractivity contribution in [2.75, 3.05) is 0 Å². The van der Waals surface area contributed by atoms with Gasteiger partial charge in [0.05, 0.1) is 0 Å². The lowest BCUT2D eigenvalue weighted by atomic mass is 10.1. The van der Waals surface area contributed by atoms with Crippen LogP contribution in [-0.2, 0) is 0 Å². The van der Waals surface area contributed by atoms with Gasteiger partial charge in [-0.2, -0.15) is 0 Å². The summed E-state index contributed by atoms with van der Waals surface area (Å²) in [4.78, 5) is 0. The van der Waals surface area contributed by atoms with Gasteiger partial charge < -0.3 is 0 Å². The summed E-state index contributed by atoms with van der Waals surface area (Å²) in [6.07, 6.45) is 0. The third kappa shape index (κ3) is 1.90. The average molecular weight is 188 g/mol. The minimum absolute atomic E-state index is 0.654. The predicted molar refractivity (Wildman–Crippen MR) is 55.7 cm³/mol. The predicted octanol–water partition coefficient (Wildman–Crippen LogP) is 3.81. The molecule has 0 nitrogen and oxygen atoms in total. The molecule has 13 heavy (non-hydrogen) atoms. The van der Waals surface area contributed by atoms with Crippen LogP contribution in [0.5, 0.6) is 0 Å². The van der Waals surface area contributed by atoms with E-state index in [0.29, 0.717) is 5.02 Å². The van der Waals surface area contributed by atoms with Gasteiger partial charge >= 0.3 is 0 Å². The van der Waals surface area contributed by atoms with Gasteiger partial charge in [-0.15, -0.1) is 0 Å². The van der Waals surface area contributed by atoms with Crippen LogP contribution in [0.1, 0.15) is 0 Å². The maximum absolute atomic E-state index is 5.84. The molecule has 0 N–H and O–H groups in total. The molecule has 0 saturated carbocycles. The lowest BCUT2D eigenvalue weighted by Crippen LogP contribution is -1.76. The van der Waals surface area contributed by atoms with Crippen LogP contribution < -0.4 is 0 Å². The molecular weight excluding hydrogens is 180 g/mol. The summed E-state index contributed by atoms with van der Waals surface area (Å²) < 4.78 is 0. The van der Waals surface area contributed by atoms with Crippen LogP contribution in [0.3, 0.4) is 0 Å². The molecular formula is C12H8Cl. The van der Waals surface area contributed by atoms with E-state index in [2.05, 4.69) is 6.07 Å². The molecule has 0 aliphatic carbocycles. The Morgan fingerprint density at radius 2 is 1.62 bits per heavy atom. The van der Waals surface area contributed by atoms with Gasteiger partial charge in [0.15, 0.2) is 0 Å². The first-order valence-electron chi connectivity index (χ1n) is 4.09. The zero-order valence-corrected chi connectivity index (χ0v) is 7.75. The van der Waals surface area contributed by atoms with E-state index in [1.54, 1.807) is 0 Å². The van der Waals surface area contributed by atoms with Gasteiger partial charge in [0.25, 0.3) is 0 Å². The molecule has 0 heterocycles. The summed E-state index contributed by atoms with van der Waals surface area (Å²) in [7, 11) is 0. The SMILES string of the molecule is Clc1[c]c(-c2ccccc2)ccc1. The first kappa shape index (κ1) is 8.33. The quantitative estimate of drug-likeness (QED) is 0.637. The van der Waals surface area contributed by atoms with Crippen LogP contribution >= 0.6 is 11.6 Å². The van der Waals surface area contributed by atoms with Gasteiger partial charge in [0, 0.05) is 11.1 Å². The van der Waals surface area contributed by atoms with Crippen molar-refractivity contribution in [1.82, 2.24) is 0 Å². The lowest BCUT2D eigenvalue weighted by Gasteiger charge is -1.99. The molecule has 2 aromatic rings. The maximum Gasteiger partial charge on any atom is 0.0491 e. The molecule has 63 valence electrons. The van der Waals surface area contributed by atoms with Crippen LogP contribution in [0.4, 0.5) is 0 Å². The fourth-order valence-corrected chi connectivity index (χ4v) is 1.40. The maximum atomic E-state index is 5.84. The highest BCUT2D eigenvalue weighted by atomic mass is 35.5. The van der Waals surface area contributed by atoms with Crippen molar-refractivity contribution in [1.29, 1.82) is 0 Å². The van der Waals surface area contributed by atoms with Crippen LogP contribution in [0.25, 0.3) is 11.1 Å². The Labute approximate surface area is 82.8 Å². The van der Waals surface area contributed by atoms with E-state index in [1.165, 1.54) is 0 Å². The van der Waals surface area contributed by atoms with Gasteiger partial charge in [-0.1, -0.05) is 54.1 Å². The lowest BCUT2D eigenvalue weighted by molar-refractivity contribution is 1.61. The molecule has 0 aliphatic heterocycles. The summed E-state index contributed by atoms with van der Waals surface area (Å²) in [5.74, 6) is 0. The third-order valence-electron chi connectivity index (χ3n) is 1.84. The van der Waals surface area contributed by atoms with Crippen molar-refractivity contribution in [3.8, 4) is 11.1 Å². The van der Waals surface area contributed by atoms with Crippen molar-refractivity contribution < 1.29 is 0 Å². The first-order valence-corrected chi connectivity index (χ1v) is 4.47. The largest absolute Gasteiger partial charge is 0.0836 e. The number of benzene rings is 2. The normalized spacial score (nSPS) is 9.92. The van der Waals surface area contributed by atoms with Crippen LogP contribution in [-0.4, -0.2) is 0 Å². The molecule has 1 heteroatoms. The van der Waals surface area contributed by atoms with Crippen LogP contribution in [0, 0.1) is 6.07 Å². The minimum atomic E-state index is 0.654. The molecule has 0 spiro atoms. The average Bonchev–Trinajstić information content (AvgIpc) is 2.19. The van der Waals surface area contributed by atoms with Gasteiger partial charge in [0.2, 0.25) is 0 Å². The standard InChI is InChI=1S/C12H8Cl/c13-12-8-4-7-11(9-12)10-5-2-1-3-6-10/h1-8H. The van der Waals surface area contributed by atoms with Crippen molar-refractivity contribution >= 4 is 11.6 Å². The molecule has 1 radical (unpaired) electrons. The van der Waals surface area contributed by atoms with E-state index in [9.17, 15) is 0 Å². The van der Waals surface area contributed by atoms with Crippen molar-refractivity contribution in [2.45, 2.75) is 0 Å². The van der Waals surface area contributed by atoms with E-state index in [-0.39, 0.29) is 0 Å². The molecule has 0 unspecified atom stereocenters. The Balaban J connectivity index is 2.48. The second-order valence-electron chi connectivity index (χ2n) is 2.78.